The quantitative estimate of drug-likeness (QED) is 0.0642. The van der Waals surface area contributed by atoms with E-state index in [0.29, 0.717) is 28.2 Å². The molecule has 2 unspecified atom stereocenters. The predicted octanol–water partition coefficient (Wildman–Crippen LogP) is 4.08. The van der Waals surface area contributed by atoms with Crippen LogP contribution < -0.4 is 20.7 Å². The molecule has 0 spiro atoms. The number of aromatic amines is 1. The maximum atomic E-state index is 14.9. The van der Waals surface area contributed by atoms with Crippen molar-refractivity contribution in [2.24, 2.45) is 0 Å². The van der Waals surface area contributed by atoms with Crippen LogP contribution in [0.1, 0.15) is 33.3 Å². The van der Waals surface area contributed by atoms with Gasteiger partial charge in [0.2, 0.25) is 0 Å². The van der Waals surface area contributed by atoms with Crippen LogP contribution in [0.3, 0.4) is 0 Å². The molecule has 1 aliphatic heterocycles. The third-order valence-corrected chi connectivity index (χ3v) is 9.48. The molecule has 5 aromatic rings. The highest BCUT2D eigenvalue weighted by molar-refractivity contribution is 7.32. The molecule has 1 saturated heterocycles. The van der Waals surface area contributed by atoms with E-state index in [1.165, 1.54) is 26.4 Å². The number of rotatable bonds is 14. The lowest BCUT2D eigenvalue weighted by molar-refractivity contribution is -0.239. The number of Topliss-reactive ketones (excluding diaryl/α,β-unsaturated/α-hetero) is 1. The lowest BCUT2D eigenvalue weighted by Crippen LogP contribution is -2.58. The van der Waals surface area contributed by atoms with Crippen LogP contribution in [0, 0.1) is 0 Å². The minimum Gasteiger partial charge on any atom is -0.497 e. The molecule has 53 heavy (non-hydrogen) atoms. The topological polar surface area (TPSA) is 185 Å². The Balaban J connectivity index is 1.65. The molecule has 3 N–H and O–H groups in total. The SMILES string of the molecule is COc1ccc(C(OC(C(=O)c2ccccc2)[C@H]2O[C@@H](n3ccc(=O)[nH]c3=O)[C@H](OC)[C@]2(O)O[P+](=O)O)(c2ccccc2)c2ccc(OC)cc2)cc1. The second-order valence-corrected chi connectivity index (χ2v) is 12.6. The van der Waals surface area contributed by atoms with Gasteiger partial charge >= 0.3 is 13.9 Å². The number of ketones is 1. The molecule has 4 aromatic carbocycles. The number of aliphatic hydroxyl groups is 1. The van der Waals surface area contributed by atoms with E-state index in [1.807, 2.05) is 6.07 Å². The number of benzene rings is 4. The standard InChI is InChI=1S/C38H35N2O12P/c1-47-28-18-14-26(15-19-28)37(25-12-8-5-9-13-25,27-16-20-29(48-2)21-17-27)51-32(31(42)24-10-6-4-7-11-24)33-38(44,52-53(45)46)34(49-3)35(50-33)40-23-22-30(41)39-36(40)43/h4-23,32-35,44H,1-3H3,(H-,39,41,43,45,46)/p+1/t32?,33-,34+,35-,38-/m1/s1. The van der Waals surface area contributed by atoms with Gasteiger partial charge in [0.15, 0.2) is 30.3 Å². The maximum absolute atomic E-state index is 14.9. The molecule has 0 amide bonds. The van der Waals surface area contributed by atoms with Gasteiger partial charge in [-0.1, -0.05) is 89.5 Å². The average Bonchev–Trinajstić information content (AvgIpc) is 3.46. The van der Waals surface area contributed by atoms with Crippen molar-refractivity contribution in [3.8, 4) is 11.5 Å². The number of methoxy groups -OCH3 is 3. The minimum absolute atomic E-state index is 0.127. The normalized spacial score (nSPS) is 20.8. The highest BCUT2D eigenvalue weighted by Crippen LogP contribution is 2.49. The van der Waals surface area contributed by atoms with Crippen LogP contribution in [-0.2, 0) is 28.9 Å². The van der Waals surface area contributed by atoms with E-state index in [2.05, 4.69) is 4.98 Å². The predicted molar refractivity (Wildman–Crippen MR) is 190 cm³/mol. The summed E-state index contributed by atoms with van der Waals surface area (Å²) in [4.78, 5) is 52.2. The fourth-order valence-corrected chi connectivity index (χ4v) is 7.02. The molecule has 0 bridgehead atoms. The summed E-state index contributed by atoms with van der Waals surface area (Å²) in [5, 5.41) is 12.4. The molecule has 0 aliphatic carbocycles. The van der Waals surface area contributed by atoms with Gasteiger partial charge in [0.25, 0.3) is 11.3 Å². The van der Waals surface area contributed by atoms with Gasteiger partial charge in [0.1, 0.15) is 17.1 Å². The Morgan fingerprint density at radius 3 is 1.85 bits per heavy atom. The zero-order valence-corrected chi connectivity index (χ0v) is 29.6. The van der Waals surface area contributed by atoms with Gasteiger partial charge in [-0.3, -0.25) is 19.1 Å². The summed E-state index contributed by atoms with van der Waals surface area (Å²) in [7, 11) is 0.600. The van der Waals surface area contributed by atoms with Crippen molar-refractivity contribution in [1.82, 2.24) is 9.55 Å². The van der Waals surface area contributed by atoms with Crippen molar-refractivity contribution in [2.45, 2.75) is 35.9 Å². The van der Waals surface area contributed by atoms with E-state index < -0.39 is 61.2 Å². The second-order valence-electron chi connectivity index (χ2n) is 12.0. The Kier molecular flexibility index (Phi) is 11.1. The molecular weight excluding hydrogens is 707 g/mol. The van der Waals surface area contributed by atoms with E-state index >= 15 is 0 Å². The summed E-state index contributed by atoms with van der Waals surface area (Å²) in [6.45, 7) is 0. The van der Waals surface area contributed by atoms with Gasteiger partial charge in [-0.15, -0.1) is 4.89 Å². The van der Waals surface area contributed by atoms with Gasteiger partial charge < -0.3 is 28.8 Å². The van der Waals surface area contributed by atoms with Gasteiger partial charge in [0.05, 0.1) is 14.2 Å². The van der Waals surface area contributed by atoms with Crippen molar-refractivity contribution in [2.75, 3.05) is 21.3 Å². The number of aromatic nitrogens is 2. The van der Waals surface area contributed by atoms with Gasteiger partial charge in [-0.2, -0.15) is 0 Å². The van der Waals surface area contributed by atoms with Crippen molar-refractivity contribution in [1.29, 1.82) is 0 Å². The van der Waals surface area contributed by atoms with Crippen molar-refractivity contribution in [3.05, 3.63) is 165 Å². The number of nitrogens with one attached hydrogen (secondary N) is 1. The first-order valence-electron chi connectivity index (χ1n) is 16.2. The number of H-pyrrole nitrogens is 1. The Bertz CT molecular complexity index is 2110. The zero-order valence-electron chi connectivity index (χ0n) is 28.7. The highest BCUT2D eigenvalue weighted by Gasteiger charge is 2.67. The van der Waals surface area contributed by atoms with Crippen LogP contribution in [0.4, 0.5) is 0 Å². The molecule has 1 fully saturated rings. The summed E-state index contributed by atoms with van der Waals surface area (Å²) in [6.07, 6.45) is -6.09. The molecule has 15 heteroatoms. The molecule has 2 heterocycles. The summed E-state index contributed by atoms with van der Waals surface area (Å²) in [6, 6.07) is 31.9. The van der Waals surface area contributed by atoms with E-state index in [4.69, 9.17) is 28.2 Å². The van der Waals surface area contributed by atoms with Gasteiger partial charge in [0, 0.05) is 29.5 Å². The lowest BCUT2D eigenvalue weighted by Gasteiger charge is -2.41. The van der Waals surface area contributed by atoms with Crippen LogP contribution >= 0.6 is 8.25 Å². The van der Waals surface area contributed by atoms with Crippen LogP contribution in [0.5, 0.6) is 11.5 Å². The van der Waals surface area contributed by atoms with E-state index in [-0.39, 0.29) is 5.56 Å². The fourth-order valence-electron chi connectivity index (χ4n) is 6.57. The first-order chi connectivity index (χ1) is 25.5. The molecule has 14 nitrogen and oxygen atoms in total. The molecule has 0 radical (unpaired) electrons. The molecule has 1 aliphatic rings. The van der Waals surface area contributed by atoms with E-state index in [0.717, 1.165) is 23.9 Å². The summed E-state index contributed by atoms with van der Waals surface area (Å²) in [5.74, 6) is -2.58. The Hall–Kier alpha value is -5.31. The molecule has 6 atom stereocenters. The average molecular weight is 744 g/mol. The Morgan fingerprint density at radius 1 is 0.830 bits per heavy atom. The highest BCUT2D eigenvalue weighted by atomic mass is 31.1. The van der Waals surface area contributed by atoms with Crippen molar-refractivity contribution in [3.63, 3.8) is 0 Å². The van der Waals surface area contributed by atoms with Crippen LogP contribution in [0.2, 0.25) is 0 Å². The number of hydrogen-bond donors (Lipinski definition) is 3. The van der Waals surface area contributed by atoms with Crippen LogP contribution in [0.15, 0.2) is 131 Å². The number of carbonyl (C=O) groups is 1. The van der Waals surface area contributed by atoms with E-state index in [1.54, 1.807) is 91.0 Å². The molecule has 0 saturated carbocycles. The number of carbonyl (C=O) groups excluding carboxylic acids is 1. The minimum atomic E-state index is -3.59. The van der Waals surface area contributed by atoms with Gasteiger partial charge in [-0.25, -0.2) is 4.79 Å². The van der Waals surface area contributed by atoms with Crippen molar-refractivity contribution >= 4 is 14.0 Å². The largest absolute Gasteiger partial charge is 0.697 e. The van der Waals surface area contributed by atoms with Crippen LogP contribution in [0.25, 0.3) is 0 Å². The molecule has 1 aromatic heterocycles. The van der Waals surface area contributed by atoms with Crippen molar-refractivity contribution < 1.29 is 47.6 Å². The lowest BCUT2D eigenvalue weighted by atomic mass is 9.79. The van der Waals surface area contributed by atoms with E-state index in [9.17, 15) is 28.9 Å². The van der Waals surface area contributed by atoms with Gasteiger partial charge in [-0.05, 0) is 41.0 Å². The molecule has 274 valence electrons. The molecular formula is C38H36N2O12P+. The maximum Gasteiger partial charge on any atom is 0.697 e. The number of hydrogen-bond acceptors (Lipinski definition) is 11. The molecule has 6 rings (SSSR count). The number of ether oxygens (including phenoxy) is 5. The number of nitrogens with zero attached hydrogens (tertiary/aromatic N) is 1. The fraction of sp³-hybridized carbons (Fsp3) is 0.237. The first-order valence-corrected chi connectivity index (χ1v) is 17.4. The zero-order chi connectivity index (χ0) is 37.8. The summed E-state index contributed by atoms with van der Waals surface area (Å²) < 4.78 is 48.6. The Labute approximate surface area is 304 Å². The summed E-state index contributed by atoms with van der Waals surface area (Å²) in [5.41, 5.74) is -1.68. The Morgan fingerprint density at radius 2 is 1.36 bits per heavy atom. The smallest absolute Gasteiger partial charge is 0.497 e. The third-order valence-electron chi connectivity index (χ3n) is 9.03. The third kappa shape index (κ3) is 7.21. The van der Waals surface area contributed by atoms with Crippen LogP contribution in [-0.4, -0.2) is 70.8 Å². The first kappa shape index (κ1) is 37.4. The second kappa shape index (κ2) is 15.7. The summed E-state index contributed by atoms with van der Waals surface area (Å²) >= 11 is 0. The monoisotopic (exact) mass is 743 g/mol.